The van der Waals surface area contributed by atoms with Crippen LogP contribution in [0, 0.1) is 19.8 Å². The molecule has 3 rings (SSSR count). The monoisotopic (exact) mass is 258 g/mol. The van der Waals surface area contributed by atoms with Gasteiger partial charge in [0.05, 0.1) is 0 Å². The molecule has 1 heterocycles. The Morgan fingerprint density at radius 3 is 2.79 bits per heavy atom. The number of anilines is 1. The summed E-state index contributed by atoms with van der Waals surface area (Å²) in [6.45, 7) is 10.4. The number of nitrogens with zero attached hydrogens (tertiary/aromatic N) is 1. The van der Waals surface area contributed by atoms with Crippen molar-refractivity contribution in [1.29, 1.82) is 0 Å². The Bertz CT molecular complexity index is 464. The van der Waals surface area contributed by atoms with E-state index in [1.54, 1.807) is 0 Å². The van der Waals surface area contributed by atoms with Gasteiger partial charge in [-0.2, -0.15) is 0 Å². The molecule has 104 valence electrons. The van der Waals surface area contributed by atoms with Crippen LogP contribution < -0.4 is 10.2 Å². The second kappa shape index (κ2) is 4.82. The van der Waals surface area contributed by atoms with Crippen LogP contribution in [0.15, 0.2) is 18.2 Å². The molecule has 1 aromatic carbocycles. The van der Waals surface area contributed by atoms with E-state index in [2.05, 4.69) is 49.2 Å². The molecule has 2 heteroatoms. The van der Waals surface area contributed by atoms with E-state index in [4.69, 9.17) is 0 Å². The molecule has 2 fully saturated rings. The Kier molecular flexibility index (Phi) is 3.30. The van der Waals surface area contributed by atoms with Gasteiger partial charge in [0.15, 0.2) is 0 Å². The van der Waals surface area contributed by atoms with Crippen LogP contribution >= 0.6 is 0 Å². The van der Waals surface area contributed by atoms with Gasteiger partial charge in [0, 0.05) is 24.3 Å². The van der Waals surface area contributed by atoms with Gasteiger partial charge in [-0.05, 0) is 69.7 Å². The number of hydrogen-bond acceptors (Lipinski definition) is 2. The average Bonchev–Trinajstić information content (AvgIpc) is 3.20. The molecule has 1 saturated heterocycles. The van der Waals surface area contributed by atoms with Crippen LogP contribution in [0.25, 0.3) is 0 Å². The van der Waals surface area contributed by atoms with Crippen molar-refractivity contribution in [1.82, 2.24) is 5.32 Å². The average molecular weight is 258 g/mol. The van der Waals surface area contributed by atoms with Crippen LogP contribution in [0.5, 0.6) is 0 Å². The van der Waals surface area contributed by atoms with Gasteiger partial charge < -0.3 is 10.2 Å². The Morgan fingerprint density at radius 1 is 1.26 bits per heavy atom. The zero-order valence-corrected chi connectivity index (χ0v) is 12.5. The van der Waals surface area contributed by atoms with E-state index < -0.39 is 0 Å². The van der Waals surface area contributed by atoms with Crippen LogP contribution in [0.4, 0.5) is 5.69 Å². The quantitative estimate of drug-likeness (QED) is 0.876. The van der Waals surface area contributed by atoms with Gasteiger partial charge in [-0.25, -0.2) is 0 Å². The number of rotatable bonds is 2. The third kappa shape index (κ3) is 2.51. The van der Waals surface area contributed by atoms with E-state index in [9.17, 15) is 0 Å². The first-order valence-electron chi connectivity index (χ1n) is 7.66. The van der Waals surface area contributed by atoms with Crippen LogP contribution in [-0.4, -0.2) is 25.2 Å². The maximum Gasteiger partial charge on any atom is 0.0399 e. The zero-order chi connectivity index (χ0) is 13.5. The summed E-state index contributed by atoms with van der Waals surface area (Å²) in [5, 5.41) is 3.81. The van der Waals surface area contributed by atoms with Gasteiger partial charge in [-0.15, -0.1) is 0 Å². The lowest BCUT2D eigenvalue weighted by molar-refractivity contribution is 0.331. The van der Waals surface area contributed by atoms with Gasteiger partial charge in [0.25, 0.3) is 0 Å². The predicted octanol–water partition coefficient (Wildman–Crippen LogP) is 3.27. The highest BCUT2D eigenvalue weighted by Gasteiger charge is 2.43. The van der Waals surface area contributed by atoms with E-state index >= 15 is 0 Å². The Morgan fingerprint density at radius 2 is 2.05 bits per heavy atom. The number of aryl methyl sites for hydroxylation is 1. The number of hydrogen-bond donors (Lipinski definition) is 1. The van der Waals surface area contributed by atoms with Crippen molar-refractivity contribution in [3.05, 3.63) is 29.3 Å². The molecule has 1 N–H and O–H groups in total. The molecule has 1 aliphatic carbocycles. The third-order valence-corrected chi connectivity index (χ3v) is 5.05. The molecule has 0 aromatic heterocycles. The van der Waals surface area contributed by atoms with Gasteiger partial charge in [-0.3, -0.25) is 0 Å². The summed E-state index contributed by atoms with van der Waals surface area (Å²) in [6.07, 6.45) is 4.06. The van der Waals surface area contributed by atoms with Crippen molar-refractivity contribution in [2.24, 2.45) is 5.92 Å². The molecule has 2 aliphatic rings. The fraction of sp³-hybridized carbons (Fsp3) is 0.647. The van der Waals surface area contributed by atoms with Crippen LogP contribution in [0.3, 0.4) is 0 Å². The molecule has 0 spiro atoms. The minimum Gasteiger partial charge on any atom is -0.369 e. The second-order valence-electron chi connectivity index (χ2n) is 6.61. The summed E-state index contributed by atoms with van der Waals surface area (Å²) >= 11 is 0. The summed E-state index contributed by atoms with van der Waals surface area (Å²) in [5.74, 6) is 0.887. The molecular weight excluding hydrogens is 232 g/mol. The molecule has 0 radical (unpaired) electrons. The summed E-state index contributed by atoms with van der Waals surface area (Å²) < 4.78 is 0. The molecule has 1 saturated carbocycles. The smallest absolute Gasteiger partial charge is 0.0399 e. The van der Waals surface area contributed by atoms with Crippen molar-refractivity contribution in [3.63, 3.8) is 0 Å². The third-order valence-electron chi connectivity index (χ3n) is 5.05. The molecule has 1 atom stereocenters. The first-order valence-corrected chi connectivity index (χ1v) is 7.66. The molecular formula is C17H26N2. The zero-order valence-electron chi connectivity index (χ0n) is 12.5. The fourth-order valence-corrected chi connectivity index (χ4v) is 3.45. The molecule has 1 aliphatic heterocycles. The van der Waals surface area contributed by atoms with E-state index in [0.29, 0.717) is 5.54 Å². The SMILES string of the molecule is Cc1cccc(N2CCCNC(C)(C3CC3)C2)c1C. The molecule has 2 nitrogen and oxygen atoms in total. The van der Waals surface area contributed by atoms with Gasteiger partial charge in [0.2, 0.25) is 0 Å². The number of nitrogens with one attached hydrogen (secondary N) is 1. The molecule has 0 amide bonds. The lowest BCUT2D eigenvalue weighted by atomic mass is 9.94. The molecule has 19 heavy (non-hydrogen) atoms. The van der Waals surface area contributed by atoms with E-state index in [0.717, 1.165) is 19.0 Å². The minimum atomic E-state index is 0.312. The Balaban J connectivity index is 1.88. The highest BCUT2D eigenvalue weighted by Crippen LogP contribution is 2.41. The van der Waals surface area contributed by atoms with Gasteiger partial charge in [-0.1, -0.05) is 12.1 Å². The maximum absolute atomic E-state index is 3.81. The van der Waals surface area contributed by atoms with E-state index in [1.165, 1.54) is 42.6 Å². The Hall–Kier alpha value is -1.02. The molecule has 0 bridgehead atoms. The minimum absolute atomic E-state index is 0.312. The van der Waals surface area contributed by atoms with E-state index in [-0.39, 0.29) is 0 Å². The summed E-state index contributed by atoms with van der Waals surface area (Å²) in [5.41, 5.74) is 4.60. The van der Waals surface area contributed by atoms with Crippen molar-refractivity contribution in [2.45, 2.75) is 45.6 Å². The normalized spacial score (nSPS) is 28.3. The van der Waals surface area contributed by atoms with Gasteiger partial charge in [0.1, 0.15) is 0 Å². The highest BCUT2D eigenvalue weighted by atomic mass is 15.2. The summed E-state index contributed by atoms with van der Waals surface area (Å²) in [7, 11) is 0. The molecule has 1 unspecified atom stereocenters. The second-order valence-corrected chi connectivity index (χ2v) is 6.61. The van der Waals surface area contributed by atoms with Crippen LogP contribution in [-0.2, 0) is 0 Å². The predicted molar refractivity (Wildman–Crippen MR) is 81.9 cm³/mol. The van der Waals surface area contributed by atoms with Crippen molar-refractivity contribution >= 4 is 5.69 Å². The first kappa shape index (κ1) is 13.0. The topological polar surface area (TPSA) is 15.3 Å². The van der Waals surface area contributed by atoms with Crippen molar-refractivity contribution in [3.8, 4) is 0 Å². The lowest BCUT2D eigenvalue weighted by Crippen LogP contribution is -2.51. The maximum atomic E-state index is 3.81. The van der Waals surface area contributed by atoms with Crippen LogP contribution in [0.2, 0.25) is 0 Å². The summed E-state index contributed by atoms with van der Waals surface area (Å²) in [6, 6.07) is 6.71. The van der Waals surface area contributed by atoms with Gasteiger partial charge >= 0.3 is 0 Å². The lowest BCUT2D eigenvalue weighted by Gasteiger charge is -2.35. The van der Waals surface area contributed by atoms with Crippen LogP contribution in [0.1, 0.15) is 37.3 Å². The highest BCUT2D eigenvalue weighted by molar-refractivity contribution is 5.56. The summed E-state index contributed by atoms with van der Waals surface area (Å²) in [4.78, 5) is 2.61. The molecule has 1 aromatic rings. The fourth-order valence-electron chi connectivity index (χ4n) is 3.45. The Labute approximate surface area is 117 Å². The van der Waals surface area contributed by atoms with Crippen molar-refractivity contribution in [2.75, 3.05) is 24.5 Å². The van der Waals surface area contributed by atoms with Crippen molar-refractivity contribution < 1.29 is 0 Å². The van der Waals surface area contributed by atoms with E-state index in [1.807, 2.05) is 0 Å². The number of benzene rings is 1. The standard InChI is InChI=1S/C17H26N2/c1-13-6-4-7-16(14(13)2)19-11-5-10-18-17(3,12-19)15-8-9-15/h4,6-7,15,18H,5,8-12H2,1-3H3. The first-order chi connectivity index (χ1) is 9.10. The largest absolute Gasteiger partial charge is 0.369 e.